The summed E-state index contributed by atoms with van der Waals surface area (Å²) in [5.41, 5.74) is 7.88. The lowest BCUT2D eigenvalue weighted by Gasteiger charge is -2.18. The maximum Gasteiger partial charge on any atom is 0.177 e. The second-order valence-corrected chi connectivity index (χ2v) is 6.11. The average molecular weight is 307 g/mol. The molecule has 0 saturated heterocycles. The van der Waals surface area contributed by atoms with E-state index in [1.807, 2.05) is 24.3 Å². The van der Waals surface area contributed by atoms with Gasteiger partial charge in [-0.3, -0.25) is 9.78 Å². The van der Waals surface area contributed by atoms with E-state index in [4.69, 9.17) is 5.73 Å². The molecule has 0 fully saturated rings. The van der Waals surface area contributed by atoms with Crippen LogP contribution in [0.1, 0.15) is 21.8 Å². The summed E-state index contributed by atoms with van der Waals surface area (Å²) < 4.78 is 0. The topological polar surface area (TPSA) is 79.8 Å². The first kappa shape index (κ1) is 14.4. The number of pyridine rings is 1. The van der Waals surface area contributed by atoms with Crippen molar-refractivity contribution in [3.05, 3.63) is 76.6 Å². The van der Waals surface area contributed by atoms with Gasteiger partial charge < -0.3 is 5.73 Å². The number of benzene rings is 1. The molecule has 2 heterocycles. The van der Waals surface area contributed by atoms with Gasteiger partial charge in [0.25, 0.3) is 0 Å². The van der Waals surface area contributed by atoms with Gasteiger partial charge in [-0.05, 0) is 11.6 Å². The smallest absolute Gasteiger partial charge is 0.177 e. The van der Waals surface area contributed by atoms with Gasteiger partial charge in [0, 0.05) is 23.9 Å². The molecule has 2 atom stereocenters. The van der Waals surface area contributed by atoms with Crippen molar-refractivity contribution in [2.24, 2.45) is 5.73 Å². The van der Waals surface area contributed by atoms with Crippen LogP contribution in [0, 0.1) is 11.3 Å². The van der Waals surface area contributed by atoms with Crippen molar-refractivity contribution in [1.82, 2.24) is 4.98 Å². The third-order valence-corrected chi connectivity index (χ3v) is 4.83. The Hall–Kier alpha value is -2.58. The molecule has 108 valence electrons. The van der Waals surface area contributed by atoms with Crippen LogP contribution in [0.15, 0.2) is 65.5 Å². The second kappa shape index (κ2) is 6.04. The molecule has 1 aromatic carbocycles. The van der Waals surface area contributed by atoms with Gasteiger partial charge in [-0.15, -0.1) is 0 Å². The predicted molar refractivity (Wildman–Crippen MR) is 86.0 cm³/mol. The molecule has 0 saturated carbocycles. The number of rotatable bonds is 3. The quantitative estimate of drug-likeness (QED) is 0.882. The van der Waals surface area contributed by atoms with Crippen LogP contribution in [0.4, 0.5) is 0 Å². The van der Waals surface area contributed by atoms with E-state index in [9.17, 15) is 10.1 Å². The first-order valence-electron chi connectivity index (χ1n) is 6.78. The van der Waals surface area contributed by atoms with Gasteiger partial charge in [-0.25, -0.2) is 0 Å². The van der Waals surface area contributed by atoms with Crippen molar-refractivity contribution in [2.45, 2.75) is 11.2 Å². The fourth-order valence-electron chi connectivity index (χ4n) is 2.57. The SMILES string of the molecule is N#CC1=C(N)S[C@H](C(=O)c2ccccc2)[C@@H]1c1cccnc1. The highest BCUT2D eigenvalue weighted by atomic mass is 32.2. The van der Waals surface area contributed by atoms with Crippen molar-refractivity contribution in [2.75, 3.05) is 0 Å². The number of allylic oxidation sites excluding steroid dienone is 1. The molecule has 3 rings (SSSR count). The Bertz CT molecular complexity index is 765. The average Bonchev–Trinajstić information content (AvgIpc) is 2.92. The molecule has 0 aliphatic carbocycles. The Kier molecular flexibility index (Phi) is 3.94. The Morgan fingerprint density at radius 1 is 1.23 bits per heavy atom. The minimum Gasteiger partial charge on any atom is -0.393 e. The number of hydrogen-bond donors (Lipinski definition) is 1. The number of Topliss-reactive ketones (excluding diaryl/α,β-unsaturated/α-hetero) is 1. The summed E-state index contributed by atoms with van der Waals surface area (Å²) in [6.07, 6.45) is 3.35. The van der Waals surface area contributed by atoms with Crippen molar-refractivity contribution in [1.29, 1.82) is 5.26 Å². The first-order chi connectivity index (χ1) is 10.7. The molecule has 1 aromatic heterocycles. The van der Waals surface area contributed by atoms with E-state index >= 15 is 0 Å². The zero-order valence-corrected chi connectivity index (χ0v) is 12.5. The predicted octanol–water partition coefficient (Wildman–Crippen LogP) is 2.86. The maximum atomic E-state index is 12.8. The Morgan fingerprint density at radius 2 is 2.00 bits per heavy atom. The summed E-state index contributed by atoms with van der Waals surface area (Å²) in [7, 11) is 0. The summed E-state index contributed by atoms with van der Waals surface area (Å²) in [6, 6.07) is 14.9. The Balaban J connectivity index is 2.02. The summed E-state index contributed by atoms with van der Waals surface area (Å²) in [6.45, 7) is 0. The number of aromatic nitrogens is 1. The summed E-state index contributed by atoms with van der Waals surface area (Å²) in [4.78, 5) is 16.9. The van der Waals surface area contributed by atoms with Crippen LogP contribution < -0.4 is 5.73 Å². The number of nitrogens with two attached hydrogens (primary N) is 1. The second-order valence-electron chi connectivity index (χ2n) is 4.92. The van der Waals surface area contributed by atoms with E-state index in [1.54, 1.807) is 30.6 Å². The zero-order valence-electron chi connectivity index (χ0n) is 11.6. The molecule has 0 amide bonds. The number of ketones is 1. The molecule has 22 heavy (non-hydrogen) atoms. The largest absolute Gasteiger partial charge is 0.393 e. The van der Waals surface area contributed by atoms with Gasteiger partial charge >= 0.3 is 0 Å². The molecule has 0 radical (unpaired) electrons. The maximum absolute atomic E-state index is 12.8. The van der Waals surface area contributed by atoms with Crippen LogP contribution in [-0.2, 0) is 0 Å². The molecular formula is C17H13N3OS. The molecule has 2 aromatic rings. The van der Waals surface area contributed by atoms with Gasteiger partial charge in [0.1, 0.15) is 0 Å². The molecule has 1 aliphatic heterocycles. The molecule has 0 spiro atoms. The van der Waals surface area contributed by atoms with Gasteiger partial charge in [0.05, 0.1) is 21.9 Å². The van der Waals surface area contributed by atoms with Crippen LogP contribution in [0.25, 0.3) is 0 Å². The van der Waals surface area contributed by atoms with Crippen LogP contribution in [-0.4, -0.2) is 16.0 Å². The van der Waals surface area contributed by atoms with E-state index in [1.165, 1.54) is 11.8 Å². The summed E-state index contributed by atoms with van der Waals surface area (Å²) >= 11 is 1.26. The molecule has 2 N–H and O–H groups in total. The monoisotopic (exact) mass is 307 g/mol. The molecule has 0 bridgehead atoms. The molecule has 5 heteroatoms. The van der Waals surface area contributed by atoms with Gasteiger partial charge in [0.15, 0.2) is 5.78 Å². The van der Waals surface area contributed by atoms with E-state index in [0.29, 0.717) is 16.2 Å². The van der Waals surface area contributed by atoms with Crippen molar-refractivity contribution in [3.8, 4) is 6.07 Å². The van der Waals surface area contributed by atoms with Crippen LogP contribution in [0.5, 0.6) is 0 Å². The van der Waals surface area contributed by atoms with Crippen molar-refractivity contribution in [3.63, 3.8) is 0 Å². The lowest BCUT2D eigenvalue weighted by molar-refractivity contribution is 0.0985. The number of hydrogen-bond acceptors (Lipinski definition) is 5. The fraction of sp³-hybridized carbons (Fsp3) is 0.118. The minimum atomic E-state index is -0.429. The zero-order chi connectivity index (χ0) is 15.5. The molecule has 4 nitrogen and oxygen atoms in total. The number of carbonyl (C=O) groups is 1. The molecular weight excluding hydrogens is 294 g/mol. The third-order valence-electron chi connectivity index (χ3n) is 3.61. The first-order valence-corrected chi connectivity index (χ1v) is 7.66. The van der Waals surface area contributed by atoms with Gasteiger partial charge in [-0.1, -0.05) is 48.2 Å². The van der Waals surface area contributed by atoms with Gasteiger partial charge in [-0.2, -0.15) is 5.26 Å². The summed E-state index contributed by atoms with van der Waals surface area (Å²) in [5, 5.41) is 9.40. The van der Waals surface area contributed by atoms with Crippen molar-refractivity contribution < 1.29 is 4.79 Å². The van der Waals surface area contributed by atoms with E-state index < -0.39 is 5.25 Å². The lowest BCUT2D eigenvalue weighted by atomic mass is 9.87. The third kappa shape index (κ3) is 2.49. The van der Waals surface area contributed by atoms with Crippen LogP contribution in [0.2, 0.25) is 0 Å². The molecule has 1 aliphatic rings. The highest BCUT2D eigenvalue weighted by molar-refractivity contribution is 8.04. The normalized spacial score (nSPS) is 20.7. The van der Waals surface area contributed by atoms with Gasteiger partial charge in [0.2, 0.25) is 0 Å². The van der Waals surface area contributed by atoms with E-state index in [0.717, 1.165) is 5.56 Å². The number of thioether (sulfide) groups is 1. The molecule has 0 unspecified atom stereocenters. The lowest BCUT2D eigenvalue weighted by Crippen LogP contribution is -2.23. The van der Waals surface area contributed by atoms with E-state index in [-0.39, 0.29) is 11.7 Å². The van der Waals surface area contributed by atoms with Crippen LogP contribution in [0.3, 0.4) is 0 Å². The number of carbonyl (C=O) groups excluding carboxylic acids is 1. The van der Waals surface area contributed by atoms with E-state index in [2.05, 4.69) is 11.1 Å². The number of nitriles is 1. The highest BCUT2D eigenvalue weighted by Crippen LogP contribution is 2.46. The number of nitrogens with zero attached hydrogens (tertiary/aromatic N) is 2. The Labute approximate surface area is 132 Å². The fourth-order valence-corrected chi connectivity index (χ4v) is 3.82. The Morgan fingerprint density at radius 3 is 2.64 bits per heavy atom. The van der Waals surface area contributed by atoms with Crippen LogP contribution >= 0.6 is 11.8 Å². The standard InChI is InChI=1S/C17H13N3OS/c18-9-13-14(12-7-4-8-20-10-12)16(22-17(13)19)15(21)11-5-2-1-3-6-11/h1-8,10,14,16H,19H2/t14-,16+/m1/s1. The summed E-state index contributed by atoms with van der Waals surface area (Å²) in [5.74, 6) is -0.371. The highest BCUT2D eigenvalue weighted by Gasteiger charge is 2.40. The van der Waals surface area contributed by atoms with Crippen molar-refractivity contribution >= 4 is 17.5 Å². The minimum absolute atomic E-state index is 0.0207.